The minimum atomic E-state index is -3.83. The van der Waals surface area contributed by atoms with E-state index in [1.165, 1.54) is 0 Å². The van der Waals surface area contributed by atoms with Gasteiger partial charge in [-0.2, -0.15) is 8.42 Å². The van der Waals surface area contributed by atoms with E-state index in [2.05, 4.69) is 4.18 Å². The maximum absolute atomic E-state index is 13.4. The molecule has 2 rings (SSSR count). The van der Waals surface area contributed by atoms with Gasteiger partial charge in [0.2, 0.25) is 0 Å². The van der Waals surface area contributed by atoms with Crippen LogP contribution in [0.5, 0.6) is 0 Å². The summed E-state index contributed by atoms with van der Waals surface area (Å²) in [5.41, 5.74) is 0.773. The Bertz CT molecular complexity index is 527. The first kappa shape index (κ1) is 15.3. The summed E-state index contributed by atoms with van der Waals surface area (Å²) >= 11 is 0. The fourth-order valence-electron chi connectivity index (χ4n) is 1.56. The molecule has 1 aromatic rings. The SMILES string of the molecule is O=S(=O)(OCC(F)(F)COCc1ccccc1)C1CC1. The topological polar surface area (TPSA) is 52.6 Å². The number of hydrogen-bond donors (Lipinski definition) is 0. The minimum Gasteiger partial charge on any atom is -0.370 e. The van der Waals surface area contributed by atoms with Crippen LogP contribution in [0.2, 0.25) is 0 Å². The zero-order valence-electron chi connectivity index (χ0n) is 10.8. The smallest absolute Gasteiger partial charge is 0.295 e. The van der Waals surface area contributed by atoms with Crippen LogP contribution in [-0.2, 0) is 25.6 Å². The van der Waals surface area contributed by atoms with Gasteiger partial charge >= 0.3 is 0 Å². The second-order valence-electron chi connectivity index (χ2n) is 4.79. The van der Waals surface area contributed by atoms with Gasteiger partial charge in [0.15, 0.2) is 0 Å². The summed E-state index contributed by atoms with van der Waals surface area (Å²) in [6, 6.07) is 8.89. The lowest BCUT2D eigenvalue weighted by Gasteiger charge is -2.16. The molecule has 4 nitrogen and oxygen atoms in total. The van der Waals surface area contributed by atoms with Crippen LogP contribution >= 0.6 is 0 Å². The first-order valence-corrected chi connectivity index (χ1v) is 7.74. The molecule has 7 heteroatoms. The third-order valence-corrected chi connectivity index (χ3v) is 4.53. The summed E-state index contributed by atoms with van der Waals surface area (Å²) in [6.45, 7) is -1.99. The van der Waals surface area contributed by atoms with E-state index >= 15 is 0 Å². The summed E-state index contributed by atoms with van der Waals surface area (Å²) in [4.78, 5) is 0. The molecule has 0 radical (unpaired) electrons. The van der Waals surface area contributed by atoms with Crippen molar-refractivity contribution < 1.29 is 26.1 Å². The predicted octanol–water partition coefficient (Wildman–Crippen LogP) is 2.35. The van der Waals surface area contributed by atoms with E-state index in [1.54, 1.807) is 24.3 Å². The third kappa shape index (κ3) is 4.81. The highest BCUT2D eigenvalue weighted by Crippen LogP contribution is 2.30. The molecule has 0 N–H and O–H groups in total. The van der Waals surface area contributed by atoms with Crippen molar-refractivity contribution in [2.45, 2.75) is 30.6 Å². The van der Waals surface area contributed by atoms with Gasteiger partial charge in [0.1, 0.15) is 13.2 Å². The number of halogens is 2. The number of hydrogen-bond acceptors (Lipinski definition) is 4. The fourth-order valence-corrected chi connectivity index (χ4v) is 2.80. The molecule has 1 aliphatic rings. The van der Waals surface area contributed by atoms with Crippen molar-refractivity contribution in [1.29, 1.82) is 0 Å². The first-order chi connectivity index (χ1) is 9.39. The molecule has 0 atom stereocenters. The monoisotopic (exact) mass is 306 g/mol. The predicted molar refractivity (Wildman–Crippen MR) is 68.9 cm³/mol. The Labute approximate surface area is 116 Å². The van der Waals surface area contributed by atoms with Gasteiger partial charge in [0.05, 0.1) is 11.9 Å². The van der Waals surface area contributed by atoms with Crippen LogP contribution in [0.25, 0.3) is 0 Å². The molecule has 1 saturated carbocycles. The van der Waals surface area contributed by atoms with Gasteiger partial charge in [-0.25, -0.2) is 8.78 Å². The maximum atomic E-state index is 13.4. The van der Waals surface area contributed by atoms with E-state index < -0.39 is 34.5 Å². The second-order valence-corrected chi connectivity index (χ2v) is 6.68. The molecule has 0 spiro atoms. The van der Waals surface area contributed by atoms with Crippen LogP contribution in [0.3, 0.4) is 0 Å². The highest BCUT2D eigenvalue weighted by atomic mass is 32.2. The molecule has 0 aliphatic heterocycles. The molecule has 0 aromatic heterocycles. The Kier molecular flexibility index (Phi) is 4.72. The quantitative estimate of drug-likeness (QED) is 0.692. The summed E-state index contributed by atoms with van der Waals surface area (Å²) in [6.07, 6.45) is 0.969. The van der Waals surface area contributed by atoms with Crippen molar-refractivity contribution in [1.82, 2.24) is 0 Å². The number of ether oxygens (including phenoxy) is 1. The van der Waals surface area contributed by atoms with Crippen molar-refractivity contribution in [2.75, 3.05) is 13.2 Å². The molecule has 0 heterocycles. The van der Waals surface area contributed by atoms with Crippen molar-refractivity contribution in [3.05, 3.63) is 35.9 Å². The van der Waals surface area contributed by atoms with Crippen molar-refractivity contribution in [3.63, 3.8) is 0 Å². The van der Waals surface area contributed by atoms with Crippen LogP contribution in [0, 0.1) is 0 Å². The molecule has 1 fully saturated rings. The van der Waals surface area contributed by atoms with E-state index in [4.69, 9.17) is 4.74 Å². The van der Waals surface area contributed by atoms with Crippen LogP contribution in [-0.4, -0.2) is 32.8 Å². The Morgan fingerprint density at radius 1 is 1.15 bits per heavy atom. The summed E-state index contributed by atoms with van der Waals surface area (Å²) < 4.78 is 58.8. The van der Waals surface area contributed by atoms with Crippen molar-refractivity contribution >= 4 is 10.1 Å². The summed E-state index contributed by atoms with van der Waals surface area (Å²) in [5.74, 6) is -3.32. The molecule has 0 bridgehead atoms. The summed E-state index contributed by atoms with van der Waals surface area (Å²) in [7, 11) is -3.83. The minimum absolute atomic E-state index is 0.0474. The van der Waals surface area contributed by atoms with E-state index in [0.29, 0.717) is 12.8 Å². The molecular weight excluding hydrogens is 290 g/mol. The lowest BCUT2D eigenvalue weighted by atomic mass is 10.2. The largest absolute Gasteiger partial charge is 0.370 e. The van der Waals surface area contributed by atoms with E-state index in [1.807, 2.05) is 6.07 Å². The van der Waals surface area contributed by atoms with Gasteiger partial charge in [-0.1, -0.05) is 30.3 Å². The molecular formula is C13H16F2O4S. The van der Waals surface area contributed by atoms with E-state index in [9.17, 15) is 17.2 Å². The maximum Gasteiger partial charge on any atom is 0.295 e. The van der Waals surface area contributed by atoms with Gasteiger partial charge in [0.25, 0.3) is 16.0 Å². The highest BCUT2D eigenvalue weighted by Gasteiger charge is 2.40. The Balaban J connectivity index is 1.73. The molecule has 0 amide bonds. The molecule has 0 unspecified atom stereocenters. The molecule has 20 heavy (non-hydrogen) atoms. The average Bonchev–Trinajstić information content (AvgIpc) is 3.23. The Morgan fingerprint density at radius 3 is 2.40 bits per heavy atom. The zero-order chi connectivity index (χ0) is 14.6. The molecule has 0 saturated heterocycles. The standard InChI is InChI=1S/C13H16F2O4S/c14-13(15,10-19-20(16,17)12-6-7-12)9-18-8-11-4-2-1-3-5-11/h1-5,12H,6-10H2. The first-order valence-electron chi connectivity index (χ1n) is 6.27. The lowest BCUT2D eigenvalue weighted by Crippen LogP contribution is -2.32. The van der Waals surface area contributed by atoms with Gasteiger partial charge in [-0.3, -0.25) is 4.18 Å². The normalized spacial score (nSPS) is 16.3. The lowest BCUT2D eigenvalue weighted by molar-refractivity contribution is -0.104. The van der Waals surface area contributed by atoms with Gasteiger partial charge in [0, 0.05) is 0 Å². The third-order valence-electron chi connectivity index (χ3n) is 2.79. The van der Waals surface area contributed by atoms with Gasteiger partial charge in [-0.15, -0.1) is 0 Å². The Hall–Kier alpha value is -1.05. The van der Waals surface area contributed by atoms with Crippen molar-refractivity contribution in [2.24, 2.45) is 0 Å². The molecule has 1 aliphatic carbocycles. The van der Waals surface area contributed by atoms with Gasteiger partial charge in [-0.05, 0) is 18.4 Å². The van der Waals surface area contributed by atoms with Crippen LogP contribution < -0.4 is 0 Å². The number of benzene rings is 1. The average molecular weight is 306 g/mol. The van der Waals surface area contributed by atoms with E-state index in [-0.39, 0.29) is 6.61 Å². The zero-order valence-corrected chi connectivity index (χ0v) is 11.6. The number of alkyl halides is 2. The molecule has 112 valence electrons. The van der Waals surface area contributed by atoms with Crippen LogP contribution in [0.4, 0.5) is 8.78 Å². The van der Waals surface area contributed by atoms with Gasteiger partial charge < -0.3 is 4.74 Å². The fraction of sp³-hybridized carbons (Fsp3) is 0.538. The molecule has 1 aromatic carbocycles. The van der Waals surface area contributed by atoms with Crippen LogP contribution in [0.15, 0.2) is 30.3 Å². The van der Waals surface area contributed by atoms with Crippen molar-refractivity contribution in [3.8, 4) is 0 Å². The Morgan fingerprint density at radius 2 is 1.80 bits per heavy atom. The highest BCUT2D eigenvalue weighted by molar-refractivity contribution is 7.87. The number of rotatable bonds is 8. The summed E-state index contributed by atoms with van der Waals surface area (Å²) in [5, 5.41) is -0.608. The van der Waals surface area contributed by atoms with Crippen LogP contribution in [0.1, 0.15) is 18.4 Å². The van der Waals surface area contributed by atoms with E-state index in [0.717, 1.165) is 5.56 Å². The second kappa shape index (κ2) is 6.15.